The second-order valence-corrected chi connectivity index (χ2v) is 5.56. The number of fused-ring (bicyclic) bond motifs is 3. The second kappa shape index (κ2) is 5.21. The van der Waals surface area contributed by atoms with E-state index in [1.807, 2.05) is 18.2 Å². The first-order chi connectivity index (χ1) is 11.1. The number of furan rings is 1. The van der Waals surface area contributed by atoms with Gasteiger partial charge >= 0.3 is 0 Å². The third kappa shape index (κ3) is 2.21. The normalized spacial score (nSPS) is 11.4. The molecule has 6 heteroatoms. The minimum absolute atomic E-state index is 0.00960. The van der Waals surface area contributed by atoms with E-state index in [1.165, 1.54) is 23.0 Å². The molecule has 114 valence electrons. The number of hydrogen-bond acceptors (Lipinski definition) is 3. The molecule has 0 aliphatic carbocycles. The van der Waals surface area contributed by atoms with Crippen molar-refractivity contribution in [2.75, 3.05) is 0 Å². The summed E-state index contributed by atoms with van der Waals surface area (Å²) in [5, 5.41) is 1.04. The predicted molar refractivity (Wildman–Crippen MR) is 86.3 cm³/mol. The van der Waals surface area contributed by atoms with E-state index < -0.39 is 5.82 Å². The Morgan fingerprint density at radius 1 is 1.17 bits per heavy atom. The molecule has 0 aliphatic heterocycles. The van der Waals surface area contributed by atoms with E-state index in [2.05, 4.69) is 4.98 Å². The van der Waals surface area contributed by atoms with Crippen LogP contribution in [0, 0.1) is 5.82 Å². The molecule has 4 nitrogen and oxygen atoms in total. The summed E-state index contributed by atoms with van der Waals surface area (Å²) in [4.78, 5) is 16.9. The monoisotopic (exact) mass is 328 g/mol. The smallest absolute Gasteiger partial charge is 0.297 e. The zero-order chi connectivity index (χ0) is 16.0. The third-order valence-electron chi connectivity index (χ3n) is 3.74. The molecule has 0 saturated carbocycles. The van der Waals surface area contributed by atoms with Crippen LogP contribution in [0.15, 0.2) is 58.0 Å². The Balaban J connectivity index is 1.90. The van der Waals surface area contributed by atoms with Crippen molar-refractivity contribution in [1.82, 2.24) is 9.55 Å². The Labute approximate surface area is 134 Å². The van der Waals surface area contributed by atoms with Crippen molar-refractivity contribution >= 4 is 33.7 Å². The summed E-state index contributed by atoms with van der Waals surface area (Å²) in [7, 11) is 0. The summed E-state index contributed by atoms with van der Waals surface area (Å²) in [5.74, 6) is -0.464. The van der Waals surface area contributed by atoms with Gasteiger partial charge in [-0.25, -0.2) is 9.37 Å². The number of rotatable bonds is 2. The lowest BCUT2D eigenvalue weighted by Crippen LogP contribution is -2.21. The molecule has 0 aliphatic rings. The standard InChI is InChI=1S/C17H10ClFN2O2/c18-12-5-3-6-13(19)11(12)8-21-9-20-15-10-4-1-2-7-14(10)23-16(15)17(21)22/h1-7,9H,8H2. The Kier molecular flexibility index (Phi) is 3.16. The van der Waals surface area contributed by atoms with Crippen molar-refractivity contribution in [2.45, 2.75) is 6.54 Å². The highest BCUT2D eigenvalue weighted by Gasteiger charge is 2.15. The largest absolute Gasteiger partial charge is 0.448 e. The van der Waals surface area contributed by atoms with E-state index in [-0.39, 0.29) is 28.3 Å². The van der Waals surface area contributed by atoms with E-state index in [4.69, 9.17) is 16.0 Å². The van der Waals surface area contributed by atoms with Crippen LogP contribution < -0.4 is 5.56 Å². The molecule has 0 fully saturated rings. The lowest BCUT2D eigenvalue weighted by Gasteiger charge is -2.07. The number of halogens is 2. The van der Waals surface area contributed by atoms with Crippen LogP contribution in [-0.2, 0) is 6.54 Å². The Hall–Kier alpha value is -2.66. The van der Waals surface area contributed by atoms with Gasteiger partial charge in [-0.2, -0.15) is 0 Å². The fraction of sp³-hybridized carbons (Fsp3) is 0.0588. The van der Waals surface area contributed by atoms with Gasteiger partial charge in [-0.1, -0.05) is 29.8 Å². The highest BCUT2D eigenvalue weighted by atomic mass is 35.5. The van der Waals surface area contributed by atoms with Crippen molar-refractivity contribution in [1.29, 1.82) is 0 Å². The van der Waals surface area contributed by atoms with Crippen molar-refractivity contribution < 1.29 is 8.81 Å². The van der Waals surface area contributed by atoms with Crippen LogP contribution in [0.25, 0.3) is 22.1 Å². The maximum absolute atomic E-state index is 13.9. The highest BCUT2D eigenvalue weighted by Crippen LogP contribution is 2.25. The fourth-order valence-electron chi connectivity index (χ4n) is 2.58. The van der Waals surface area contributed by atoms with E-state index in [0.29, 0.717) is 11.1 Å². The van der Waals surface area contributed by atoms with Crippen LogP contribution in [0.2, 0.25) is 5.02 Å². The average Bonchev–Trinajstić information content (AvgIpc) is 2.93. The first-order valence-corrected chi connectivity index (χ1v) is 7.32. The van der Waals surface area contributed by atoms with Crippen molar-refractivity contribution in [3.8, 4) is 0 Å². The molecule has 0 radical (unpaired) electrons. The van der Waals surface area contributed by atoms with Crippen LogP contribution in [0.3, 0.4) is 0 Å². The average molecular weight is 329 g/mol. The Bertz CT molecular complexity index is 1080. The van der Waals surface area contributed by atoms with Crippen LogP contribution >= 0.6 is 11.6 Å². The molecule has 0 amide bonds. The topological polar surface area (TPSA) is 48.0 Å². The van der Waals surface area contributed by atoms with Gasteiger partial charge in [-0.15, -0.1) is 0 Å². The molecule has 0 saturated heterocycles. The number of benzene rings is 2. The molecule has 4 aromatic rings. The Morgan fingerprint density at radius 2 is 2.00 bits per heavy atom. The zero-order valence-corrected chi connectivity index (χ0v) is 12.5. The zero-order valence-electron chi connectivity index (χ0n) is 11.8. The molecule has 2 aromatic heterocycles. The molecule has 0 spiro atoms. The summed E-state index contributed by atoms with van der Waals surface area (Å²) >= 11 is 6.02. The molecular weight excluding hydrogens is 319 g/mol. The van der Waals surface area contributed by atoms with Crippen molar-refractivity contribution in [3.63, 3.8) is 0 Å². The summed E-state index contributed by atoms with van der Waals surface area (Å²) < 4.78 is 20.8. The molecular formula is C17H10ClFN2O2. The minimum Gasteiger partial charge on any atom is -0.448 e. The maximum atomic E-state index is 13.9. The van der Waals surface area contributed by atoms with E-state index in [0.717, 1.165) is 5.39 Å². The quantitative estimate of drug-likeness (QED) is 0.559. The summed E-state index contributed by atoms with van der Waals surface area (Å²) in [5.41, 5.74) is 1.12. The number of hydrogen-bond donors (Lipinski definition) is 0. The summed E-state index contributed by atoms with van der Waals surface area (Å²) in [6.45, 7) is -0.00960. The molecule has 2 aromatic carbocycles. The van der Waals surface area contributed by atoms with Gasteiger partial charge in [0.25, 0.3) is 5.56 Å². The van der Waals surface area contributed by atoms with Crippen LogP contribution in [0.5, 0.6) is 0 Å². The summed E-state index contributed by atoms with van der Waals surface area (Å²) in [6.07, 6.45) is 1.38. The van der Waals surface area contributed by atoms with Gasteiger partial charge in [-0.05, 0) is 24.3 Å². The van der Waals surface area contributed by atoms with E-state index in [1.54, 1.807) is 12.1 Å². The number of para-hydroxylation sites is 1. The maximum Gasteiger partial charge on any atom is 0.297 e. The Morgan fingerprint density at radius 3 is 2.83 bits per heavy atom. The molecule has 2 heterocycles. The number of nitrogens with zero attached hydrogens (tertiary/aromatic N) is 2. The first-order valence-electron chi connectivity index (χ1n) is 6.95. The fourth-order valence-corrected chi connectivity index (χ4v) is 2.80. The van der Waals surface area contributed by atoms with Gasteiger partial charge in [0.2, 0.25) is 5.58 Å². The van der Waals surface area contributed by atoms with Gasteiger partial charge in [0.05, 0.1) is 12.9 Å². The molecule has 0 unspecified atom stereocenters. The molecule has 4 rings (SSSR count). The van der Waals surface area contributed by atoms with E-state index in [9.17, 15) is 9.18 Å². The lowest BCUT2D eigenvalue weighted by molar-refractivity contribution is 0.591. The van der Waals surface area contributed by atoms with E-state index >= 15 is 0 Å². The SMILES string of the molecule is O=c1c2oc3ccccc3c2ncn1Cc1c(F)cccc1Cl. The number of aromatic nitrogens is 2. The molecule has 0 bridgehead atoms. The van der Waals surface area contributed by atoms with Crippen molar-refractivity contribution in [3.05, 3.63) is 75.5 Å². The lowest BCUT2D eigenvalue weighted by atomic mass is 10.2. The molecule has 0 N–H and O–H groups in total. The van der Waals surface area contributed by atoms with Crippen LogP contribution in [0.4, 0.5) is 4.39 Å². The van der Waals surface area contributed by atoms with Gasteiger partial charge in [0, 0.05) is 16.0 Å². The molecule has 23 heavy (non-hydrogen) atoms. The second-order valence-electron chi connectivity index (χ2n) is 5.15. The first kappa shape index (κ1) is 14.0. The van der Waals surface area contributed by atoms with Gasteiger partial charge < -0.3 is 4.42 Å². The molecule has 0 atom stereocenters. The van der Waals surface area contributed by atoms with Gasteiger partial charge in [-0.3, -0.25) is 9.36 Å². The highest BCUT2D eigenvalue weighted by molar-refractivity contribution is 6.31. The third-order valence-corrected chi connectivity index (χ3v) is 4.09. The summed E-state index contributed by atoms with van der Waals surface area (Å²) in [6, 6.07) is 11.7. The van der Waals surface area contributed by atoms with Crippen molar-refractivity contribution in [2.24, 2.45) is 0 Å². The van der Waals surface area contributed by atoms with Crippen LogP contribution in [0.1, 0.15) is 5.56 Å². The van der Waals surface area contributed by atoms with Crippen LogP contribution in [-0.4, -0.2) is 9.55 Å². The predicted octanol–water partition coefficient (Wildman–Crippen LogP) is 3.98. The van der Waals surface area contributed by atoms with Gasteiger partial charge in [0.1, 0.15) is 16.9 Å². The minimum atomic E-state index is -0.464. The van der Waals surface area contributed by atoms with Gasteiger partial charge in [0.15, 0.2) is 0 Å².